The number of nitrogens with zero attached hydrogens (tertiary/aromatic N) is 1. The minimum Gasteiger partial charge on any atom is -0.222 e. The van der Waals surface area contributed by atoms with Gasteiger partial charge in [0.2, 0.25) is 18.2 Å². The first kappa shape index (κ1) is 21.4. The largest absolute Gasteiger partial charge is 0.234 e. The van der Waals surface area contributed by atoms with Gasteiger partial charge < -0.3 is 0 Å². The maximum atomic E-state index is 9.69. The number of rotatable bonds is 8. The molecule has 0 radical (unpaired) electrons. The van der Waals surface area contributed by atoms with Gasteiger partial charge in [-0.15, -0.1) is 0 Å². The molecule has 0 spiro atoms. The van der Waals surface area contributed by atoms with Crippen molar-refractivity contribution >= 4 is 18.2 Å². The average molecular weight is 255 g/mol. The molecule has 0 aromatic carbocycles. The molecule has 0 aromatic rings. The Morgan fingerprint density at radius 1 is 0.833 bits per heavy atom. The highest BCUT2D eigenvalue weighted by atomic mass is 16.1. The average Bonchev–Trinajstić information content (AvgIpc) is 2.35. The standard InChI is InChI=1S/C10H19NO.2CHNO/c1-2-3-4-5-6-7-8-9-11-10-12;2*2-1-3/h2-9H2,1H3;2*2H. The Morgan fingerprint density at radius 3 is 1.61 bits per heavy atom. The summed E-state index contributed by atoms with van der Waals surface area (Å²) in [4.78, 5) is 29.9. The second-order valence-corrected chi connectivity index (χ2v) is 3.30. The second kappa shape index (κ2) is 29.4. The van der Waals surface area contributed by atoms with Gasteiger partial charge in [0.25, 0.3) is 0 Å². The third-order valence-corrected chi connectivity index (χ3v) is 1.94. The van der Waals surface area contributed by atoms with Crippen molar-refractivity contribution in [3.8, 4) is 0 Å². The maximum Gasteiger partial charge on any atom is 0.234 e. The molecule has 0 saturated carbocycles. The molecule has 0 aliphatic heterocycles. The van der Waals surface area contributed by atoms with Gasteiger partial charge in [-0.3, -0.25) is 0 Å². The number of hydrogen-bond acceptors (Lipinski definition) is 6. The van der Waals surface area contributed by atoms with Gasteiger partial charge in [-0.1, -0.05) is 45.4 Å². The zero-order valence-electron chi connectivity index (χ0n) is 10.8. The van der Waals surface area contributed by atoms with Crippen LogP contribution in [0.4, 0.5) is 0 Å². The summed E-state index contributed by atoms with van der Waals surface area (Å²) in [5, 5.41) is 10.8. The van der Waals surface area contributed by atoms with Gasteiger partial charge in [0.1, 0.15) is 0 Å². The Hall–Kier alpha value is -1.86. The van der Waals surface area contributed by atoms with E-state index in [9.17, 15) is 4.79 Å². The molecule has 6 nitrogen and oxygen atoms in total. The lowest BCUT2D eigenvalue weighted by atomic mass is 10.1. The molecule has 6 heteroatoms. The molecular weight excluding hydrogens is 234 g/mol. The minimum atomic E-state index is 0.664. The third-order valence-electron chi connectivity index (χ3n) is 1.94. The topological polar surface area (TPSA) is 111 Å². The van der Waals surface area contributed by atoms with Gasteiger partial charge >= 0.3 is 0 Å². The Morgan fingerprint density at radius 2 is 1.22 bits per heavy atom. The quantitative estimate of drug-likeness (QED) is 0.395. The van der Waals surface area contributed by atoms with Crippen molar-refractivity contribution in [3.05, 3.63) is 0 Å². The van der Waals surface area contributed by atoms with Crippen LogP contribution in [0, 0.1) is 10.8 Å². The fourth-order valence-corrected chi connectivity index (χ4v) is 1.19. The van der Waals surface area contributed by atoms with Gasteiger partial charge in [-0.25, -0.2) is 30.2 Å². The third kappa shape index (κ3) is 47.9. The summed E-state index contributed by atoms with van der Waals surface area (Å²) in [6.07, 6.45) is 11.9. The first-order valence-electron chi connectivity index (χ1n) is 5.86. The molecule has 0 aliphatic carbocycles. The van der Waals surface area contributed by atoms with Gasteiger partial charge in [-0.2, -0.15) is 0 Å². The summed E-state index contributed by atoms with van der Waals surface area (Å²) in [6.45, 7) is 2.88. The van der Waals surface area contributed by atoms with E-state index >= 15 is 0 Å². The summed E-state index contributed by atoms with van der Waals surface area (Å²) in [5.74, 6) is 0. The summed E-state index contributed by atoms with van der Waals surface area (Å²) in [7, 11) is 0. The number of nitrogens with one attached hydrogen (secondary N) is 2. The van der Waals surface area contributed by atoms with Crippen LogP contribution in [0.5, 0.6) is 0 Å². The highest BCUT2D eigenvalue weighted by molar-refractivity contribution is 5.32. The van der Waals surface area contributed by atoms with E-state index < -0.39 is 0 Å². The summed E-state index contributed by atoms with van der Waals surface area (Å²) in [5.41, 5.74) is 0. The van der Waals surface area contributed by atoms with Crippen molar-refractivity contribution in [3.63, 3.8) is 0 Å². The predicted octanol–water partition coefficient (Wildman–Crippen LogP) is 2.87. The van der Waals surface area contributed by atoms with Crippen LogP contribution >= 0.6 is 0 Å². The van der Waals surface area contributed by atoms with Gasteiger partial charge in [0.05, 0.1) is 6.54 Å². The molecule has 18 heavy (non-hydrogen) atoms. The van der Waals surface area contributed by atoms with Gasteiger partial charge in [0, 0.05) is 0 Å². The van der Waals surface area contributed by atoms with Crippen LogP contribution in [0.3, 0.4) is 0 Å². The number of carbonyl (C=O) groups excluding carboxylic acids is 3. The Kier molecular flexibility index (Phi) is 35.0. The molecule has 0 saturated heterocycles. The molecule has 2 N–H and O–H groups in total. The summed E-state index contributed by atoms with van der Waals surface area (Å²) in [6, 6.07) is 0. The zero-order chi connectivity index (χ0) is 14.5. The van der Waals surface area contributed by atoms with Crippen molar-refractivity contribution in [2.24, 2.45) is 4.99 Å². The Labute approximate surface area is 108 Å². The monoisotopic (exact) mass is 255 g/mol. The SMILES string of the molecule is CCCCCCCCCN=C=O.N=C=O.N=C=O. The van der Waals surface area contributed by atoms with Crippen LogP contribution < -0.4 is 0 Å². The number of unbranched alkanes of at least 4 members (excludes halogenated alkanes) is 6. The Balaban J connectivity index is -0.000000315. The maximum absolute atomic E-state index is 9.69. The highest BCUT2D eigenvalue weighted by Crippen LogP contribution is 2.06. The van der Waals surface area contributed by atoms with E-state index in [2.05, 4.69) is 11.9 Å². The molecule has 0 aliphatic rings. The first-order valence-corrected chi connectivity index (χ1v) is 5.86. The van der Waals surface area contributed by atoms with Crippen LogP contribution in [0.15, 0.2) is 4.99 Å². The van der Waals surface area contributed by atoms with Crippen molar-refractivity contribution in [2.45, 2.75) is 51.9 Å². The number of hydrogen-bond donors (Lipinski definition) is 2. The summed E-state index contributed by atoms with van der Waals surface area (Å²) >= 11 is 0. The van der Waals surface area contributed by atoms with E-state index in [0.29, 0.717) is 6.54 Å². The minimum absolute atomic E-state index is 0.664. The zero-order valence-corrected chi connectivity index (χ0v) is 10.8. The van der Waals surface area contributed by atoms with E-state index in [-0.39, 0.29) is 0 Å². The van der Waals surface area contributed by atoms with Crippen LogP contribution in [-0.4, -0.2) is 24.8 Å². The van der Waals surface area contributed by atoms with Crippen LogP contribution in [0.1, 0.15) is 51.9 Å². The van der Waals surface area contributed by atoms with Gasteiger partial charge in [0.15, 0.2) is 0 Å². The molecule has 0 rings (SSSR count). The van der Waals surface area contributed by atoms with Crippen molar-refractivity contribution in [1.82, 2.24) is 0 Å². The number of aliphatic imine (C=N–C) groups is 1. The Bertz CT molecular complexity index is 250. The van der Waals surface area contributed by atoms with E-state index in [1.165, 1.54) is 38.5 Å². The molecule has 0 amide bonds. The molecule has 0 atom stereocenters. The van der Waals surface area contributed by atoms with Crippen molar-refractivity contribution in [2.75, 3.05) is 6.54 Å². The molecule has 0 unspecified atom stereocenters. The molecule has 102 valence electrons. The predicted molar refractivity (Wildman–Crippen MR) is 67.8 cm³/mol. The lowest BCUT2D eigenvalue weighted by Crippen LogP contribution is -1.82. The van der Waals surface area contributed by atoms with Crippen LogP contribution in [0.2, 0.25) is 0 Å². The lowest BCUT2D eigenvalue weighted by Gasteiger charge is -1.97. The van der Waals surface area contributed by atoms with Gasteiger partial charge in [-0.05, 0) is 6.42 Å². The fraction of sp³-hybridized carbons (Fsp3) is 0.750. The van der Waals surface area contributed by atoms with Crippen molar-refractivity contribution in [1.29, 1.82) is 10.8 Å². The highest BCUT2D eigenvalue weighted by Gasteiger charge is 1.89. The van der Waals surface area contributed by atoms with Crippen LogP contribution in [0.25, 0.3) is 0 Å². The molecular formula is C12H21N3O3. The summed E-state index contributed by atoms with van der Waals surface area (Å²) < 4.78 is 0. The fourth-order valence-electron chi connectivity index (χ4n) is 1.19. The smallest absolute Gasteiger partial charge is 0.222 e. The van der Waals surface area contributed by atoms with Crippen molar-refractivity contribution < 1.29 is 14.4 Å². The lowest BCUT2D eigenvalue weighted by molar-refractivity contribution is 0.559. The molecule has 0 bridgehead atoms. The normalized spacial score (nSPS) is 7.17. The molecule has 0 heterocycles. The van der Waals surface area contributed by atoms with Crippen LogP contribution in [-0.2, 0) is 14.4 Å². The van der Waals surface area contributed by atoms with E-state index in [0.717, 1.165) is 18.6 Å². The number of isocyanates is 3. The first-order chi connectivity index (χ1) is 8.74. The molecule has 0 fully saturated rings. The van der Waals surface area contributed by atoms with E-state index in [1.54, 1.807) is 6.08 Å². The van der Waals surface area contributed by atoms with E-state index in [1.807, 2.05) is 0 Å². The van der Waals surface area contributed by atoms with E-state index in [4.69, 9.17) is 20.4 Å². The second-order valence-electron chi connectivity index (χ2n) is 3.30. The molecule has 0 aromatic heterocycles.